The Hall–Kier alpha value is -3.65. The highest BCUT2D eigenvalue weighted by Gasteiger charge is 2.12. The quantitative estimate of drug-likeness (QED) is 0.237. The van der Waals surface area contributed by atoms with Crippen molar-refractivity contribution in [3.05, 3.63) is 98.7 Å². The molecule has 0 aliphatic carbocycles. The zero-order valence-corrected chi connectivity index (χ0v) is 19.8. The van der Waals surface area contributed by atoms with Crippen molar-refractivity contribution in [2.45, 2.75) is 0 Å². The fourth-order valence-corrected chi connectivity index (χ4v) is 4.52. The van der Waals surface area contributed by atoms with Crippen LogP contribution in [0.2, 0.25) is 10.0 Å². The van der Waals surface area contributed by atoms with Gasteiger partial charge >= 0.3 is 0 Å². The molecule has 0 saturated carbocycles. The molecule has 0 aliphatic rings. The largest absolute Gasteiger partial charge is 0.338 e. The van der Waals surface area contributed by atoms with Crippen LogP contribution in [0.1, 0.15) is 20.0 Å². The number of imidazole rings is 1. The third-order valence-electron chi connectivity index (χ3n) is 5.08. The van der Waals surface area contributed by atoms with E-state index in [-0.39, 0.29) is 16.8 Å². The van der Waals surface area contributed by atoms with Crippen molar-refractivity contribution in [1.82, 2.24) is 9.97 Å². The number of fused-ring (bicyclic) bond motifs is 1. The topological polar surface area (TPSA) is 86.9 Å². The second-order valence-corrected chi connectivity index (χ2v) is 9.20. The van der Waals surface area contributed by atoms with Crippen molar-refractivity contribution in [2.75, 3.05) is 10.6 Å². The summed E-state index contributed by atoms with van der Waals surface area (Å²) in [5, 5.41) is 8.34. The molecule has 0 bridgehead atoms. The van der Waals surface area contributed by atoms with Crippen molar-refractivity contribution in [3.63, 3.8) is 0 Å². The summed E-state index contributed by atoms with van der Waals surface area (Å²) in [5.41, 5.74) is 4.07. The number of anilines is 2. The van der Waals surface area contributed by atoms with Crippen LogP contribution in [-0.4, -0.2) is 21.8 Å². The van der Waals surface area contributed by atoms with Gasteiger partial charge < -0.3 is 15.6 Å². The highest BCUT2D eigenvalue weighted by molar-refractivity contribution is 7.12. The summed E-state index contributed by atoms with van der Waals surface area (Å²) in [4.78, 5) is 33.4. The maximum Gasteiger partial charge on any atom is 0.265 e. The van der Waals surface area contributed by atoms with E-state index in [2.05, 4.69) is 20.6 Å². The first kappa shape index (κ1) is 22.2. The minimum atomic E-state index is -0.324. The van der Waals surface area contributed by atoms with Gasteiger partial charge in [-0.05, 0) is 72.1 Å². The number of amides is 2. The zero-order valence-electron chi connectivity index (χ0n) is 17.4. The average molecular weight is 507 g/mol. The number of hydrogen-bond donors (Lipinski definition) is 3. The fourth-order valence-electron chi connectivity index (χ4n) is 3.41. The number of thiophene rings is 1. The molecule has 3 aromatic carbocycles. The van der Waals surface area contributed by atoms with Gasteiger partial charge in [0.25, 0.3) is 11.8 Å². The van der Waals surface area contributed by atoms with E-state index in [9.17, 15) is 9.59 Å². The van der Waals surface area contributed by atoms with Crippen LogP contribution in [0.25, 0.3) is 22.4 Å². The number of rotatable bonds is 5. The Morgan fingerprint density at radius 3 is 2.35 bits per heavy atom. The summed E-state index contributed by atoms with van der Waals surface area (Å²) in [5.74, 6) is 0.206. The van der Waals surface area contributed by atoms with E-state index in [1.54, 1.807) is 30.3 Å². The van der Waals surface area contributed by atoms with Gasteiger partial charge in [0.05, 0.1) is 26.5 Å². The summed E-state index contributed by atoms with van der Waals surface area (Å²) >= 11 is 13.4. The molecule has 2 amide bonds. The molecule has 0 aliphatic heterocycles. The van der Waals surface area contributed by atoms with Gasteiger partial charge in [-0.3, -0.25) is 9.59 Å². The van der Waals surface area contributed by atoms with Gasteiger partial charge in [0.2, 0.25) is 0 Å². The summed E-state index contributed by atoms with van der Waals surface area (Å²) in [6, 6.07) is 21.2. The number of carbonyl (C=O) groups excluding carboxylic acids is 2. The molecule has 0 unspecified atom stereocenters. The lowest BCUT2D eigenvalue weighted by molar-refractivity contribution is 0.102. The van der Waals surface area contributed by atoms with Crippen LogP contribution in [0.15, 0.2) is 78.2 Å². The molecule has 0 saturated heterocycles. The summed E-state index contributed by atoms with van der Waals surface area (Å²) in [7, 11) is 0. The van der Waals surface area contributed by atoms with Gasteiger partial charge in [0.15, 0.2) is 0 Å². The number of hydrogen-bond acceptors (Lipinski definition) is 4. The Bertz CT molecular complexity index is 1510. The second-order valence-electron chi connectivity index (χ2n) is 7.40. The van der Waals surface area contributed by atoms with Crippen LogP contribution in [0, 0.1) is 0 Å². The predicted octanol–water partition coefficient (Wildman–Crippen LogP) is 7.10. The number of aromatic amines is 1. The maximum absolute atomic E-state index is 12.5. The summed E-state index contributed by atoms with van der Waals surface area (Å²) in [6.45, 7) is 0. The number of aromatic nitrogens is 2. The highest BCUT2D eigenvalue weighted by atomic mass is 35.5. The maximum atomic E-state index is 12.5. The number of H-pyrrole nitrogens is 1. The van der Waals surface area contributed by atoms with E-state index >= 15 is 0 Å². The van der Waals surface area contributed by atoms with Crippen LogP contribution in [0.3, 0.4) is 0 Å². The number of nitrogens with one attached hydrogen (secondary N) is 3. The molecule has 6 nitrogen and oxygen atoms in total. The first-order valence-corrected chi connectivity index (χ1v) is 11.8. The Morgan fingerprint density at radius 2 is 1.62 bits per heavy atom. The number of halogens is 2. The smallest absolute Gasteiger partial charge is 0.265 e. The standard InChI is InChI=1S/C25H16Cl2N4O2S/c26-15-5-9-18(19(27)12-15)24(32)28-16-6-3-14(4-7-16)23-30-20-10-8-17(13-21(20)31-23)29-25(33)22-2-1-11-34-22/h1-13H,(H,28,32)(H,29,33)(H,30,31). The Labute approximate surface area is 208 Å². The van der Waals surface area contributed by atoms with Crippen LogP contribution in [0.4, 0.5) is 11.4 Å². The predicted molar refractivity (Wildman–Crippen MR) is 138 cm³/mol. The molecule has 0 spiro atoms. The minimum Gasteiger partial charge on any atom is -0.338 e. The van der Waals surface area contributed by atoms with Crippen molar-refractivity contribution < 1.29 is 9.59 Å². The minimum absolute atomic E-state index is 0.147. The van der Waals surface area contributed by atoms with E-state index < -0.39 is 0 Å². The first-order valence-electron chi connectivity index (χ1n) is 10.2. The van der Waals surface area contributed by atoms with Crippen molar-refractivity contribution in [2.24, 2.45) is 0 Å². The average Bonchev–Trinajstić information content (AvgIpc) is 3.49. The van der Waals surface area contributed by atoms with Crippen LogP contribution >= 0.6 is 34.5 Å². The van der Waals surface area contributed by atoms with Gasteiger partial charge in [-0.1, -0.05) is 29.3 Å². The van der Waals surface area contributed by atoms with Gasteiger partial charge in [0.1, 0.15) is 5.82 Å². The van der Waals surface area contributed by atoms with Crippen LogP contribution < -0.4 is 10.6 Å². The van der Waals surface area contributed by atoms with E-state index in [1.807, 2.05) is 41.8 Å². The monoisotopic (exact) mass is 506 g/mol. The summed E-state index contributed by atoms with van der Waals surface area (Å²) in [6.07, 6.45) is 0. The molecule has 34 heavy (non-hydrogen) atoms. The molecule has 9 heteroatoms. The number of nitrogens with zero attached hydrogens (tertiary/aromatic N) is 1. The number of carbonyl (C=O) groups is 2. The summed E-state index contributed by atoms with van der Waals surface area (Å²) < 4.78 is 0. The molecular weight excluding hydrogens is 491 g/mol. The van der Waals surface area contributed by atoms with Crippen LogP contribution in [-0.2, 0) is 0 Å². The zero-order chi connectivity index (χ0) is 23.7. The van der Waals surface area contributed by atoms with Crippen molar-refractivity contribution in [1.29, 1.82) is 0 Å². The molecule has 0 radical (unpaired) electrons. The van der Waals surface area contributed by atoms with Gasteiger partial charge in [0, 0.05) is 22.0 Å². The Kier molecular flexibility index (Phi) is 6.06. The van der Waals surface area contributed by atoms with E-state index in [0.717, 1.165) is 16.6 Å². The normalized spacial score (nSPS) is 10.9. The molecule has 2 heterocycles. The molecule has 2 aromatic heterocycles. The molecule has 0 fully saturated rings. The molecule has 0 atom stereocenters. The fraction of sp³-hybridized carbons (Fsp3) is 0. The van der Waals surface area contributed by atoms with Gasteiger partial charge in [-0.2, -0.15) is 0 Å². The Balaban J connectivity index is 1.31. The van der Waals surface area contributed by atoms with Gasteiger partial charge in [-0.15, -0.1) is 11.3 Å². The van der Waals surface area contributed by atoms with Gasteiger partial charge in [-0.25, -0.2) is 4.98 Å². The first-order chi connectivity index (χ1) is 16.5. The third-order valence-corrected chi connectivity index (χ3v) is 6.49. The lowest BCUT2D eigenvalue weighted by atomic mass is 10.1. The second kappa shape index (κ2) is 9.30. The van der Waals surface area contributed by atoms with E-state index in [1.165, 1.54) is 17.4 Å². The molecule has 5 rings (SSSR count). The molecule has 168 valence electrons. The molecular formula is C25H16Cl2N4O2S. The third kappa shape index (κ3) is 4.68. The molecule has 3 N–H and O–H groups in total. The van der Waals surface area contributed by atoms with E-state index in [4.69, 9.17) is 23.2 Å². The molecule has 5 aromatic rings. The highest BCUT2D eigenvalue weighted by Crippen LogP contribution is 2.26. The van der Waals surface area contributed by atoms with Crippen LogP contribution in [0.5, 0.6) is 0 Å². The lowest BCUT2D eigenvalue weighted by Gasteiger charge is -2.07. The Morgan fingerprint density at radius 1 is 0.853 bits per heavy atom. The van der Waals surface area contributed by atoms with E-state index in [0.29, 0.717) is 32.7 Å². The SMILES string of the molecule is O=C(Nc1ccc2nc(-c3ccc(NC(=O)c4ccc(Cl)cc4Cl)cc3)[nH]c2c1)c1cccs1. The van der Waals surface area contributed by atoms with Crippen molar-refractivity contribution >= 4 is 68.8 Å². The lowest BCUT2D eigenvalue weighted by Crippen LogP contribution is -2.12. The van der Waals surface area contributed by atoms with Crippen molar-refractivity contribution in [3.8, 4) is 11.4 Å². The number of benzene rings is 3.